The lowest BCUT2D eigenvalue weighted by molar-refractivity contribution is 0.166. The van der Waals surface area contributed by atoms with Crippen molar-refractivity contribution in [3.63, 3.8) is 0 Å². The summed E-state index contributed by atoms with van der Waals surface area (Å²) in [5.41, 5.74) is 2.53. The van der Waals surface area contributed by atoms with Gasteiger partial charge in [0.15, 0.2) is 0 Å². The van der Waals surface area contributed by atoms with E-state index in [-0.39, 0.29) is 0 Å². The van der Waals surface area contributed by atoms with E-state index in [1.54, 1.807) is 0 Å². The van der Waals surface area contributed by atoms with Gasteiger partial charge in [-0.25, -0.2) is 0 Å². The molecule has 2 nitrogen and oxygen atoms in total. The Kier molecular flexibility index (Phi) is 3.27. The first-order valence-corrected chi connectivity index (χ1v) is 5.70. The molecule has 0 bridgehead atoms. The van der Waals surface area contributed by atoms with Gasteiger partial charge < -0.3 is 10.1 Å². The topological polar surface area (TPSA) is 21.3 Å². The van der Waals surface area contributed by atoms with Gasteiger partial charge in [0.1, 0.15) is 11.9 Å². The molecule has 1 aromatic carbocycles. The number of piperidine rings is 1. The molecule has 1 atom stereocenters. The molecule has 1 aromatic rings. The van der Waals surface area contributed by atoms with Crippen LogP contribution in [0.4, 0.5) is 0 Å². The maximum absolute atomic E-state index is 5.98. The van der Waals surface area contributed by atoms with Crippen LogP contribution in [0.1, 0.15) is 24.0 Å². The van der Waals surface area contributed by atoms with Crippen LogP contribution in [0.15, 0.2) is 18.2 Å². The second kappa shape index (κ2) is 4.67. The largest absolute Gasteiger partial charge is 0.489 e. The predicted molar refractivity (Wildman–Crippen MR) is 62.4 cm³/mol. The first-order chi connectivity index (χ1) is 7.25. The summed E-state index contributed by atoms with van der Waals surface area (Å²) in [5, 5.41) is 3.36. The number of aryl methyl sites for hydroxylation is 2. The molecule has 2 rings (SSSR count). The van der Waals surface area contributed by atoms with Crippen molar-refractivity contribution in [3.05, 3.63) is 29.3 Å². The molecule has 1 aliphatic heterocycles. The number of ether oxygens (including phenoxy) is 1. The Morgan fingerprint density at radius 2 is 2.20 bits per heavy atom. The zero-order valence-electron chi connectivity index (χ0n) is 9.55. The molecule has 15 heavy (non-hydrogen) atoms. The quantitative estimate of drug-likeness (QED) is 0.800. The van der Waals surface area contributed by atoms with Gasteiger partial charge in [-0.05, 0) is 44.9 Å². The van der Waals surface area contributed by atoms with Gasteiger partial charge in [-0.1, -0.05) is 17.7 Å². The molecule has 0 spiro atoms. The Bertz CT molecular complexity index is 329. The predicted octanol–water partition coefficient (Wildman–Crippen LogP) is 2.43. The molecule has 1 heterocycles. The summed E-state index contributed by atoms with van der Waals surface area (Å²) in [7, 11) is 0. The van der Waals surface area contributed by atoms with Crippen LogP contribution in [-0.4, -0.2) is 19.2 Å². The lowest BCUT2D eigenvalue weighted by Gasteiger charge is -2.24. The first-order valence-electron chi connectivity index (χ1n) is 5.70. The van der Waals surface area contributed by atoms with Crippen molar-refractivity contribution in [2.24, 2.45) is 0 Å². The Morgan fingerprint density at radius 1 is 1.33 bits per heavy atom. The zero-order chi connectivity index (χ0) is 10.7. The molecule has 0 aliphatic carbocycles. The molecule has 1 saturated heterocycles. The highest BCUT2D eigenvalue weighted by molar-refractivity contribution is 5.35. The van der Waals surface area contributed by atoms with Crippen LogP contribution in [0, 0.1) is 13.8 Å². The van der Waals surface area contributed by atoms with Gasteiger partial charge in [0.05, 0.1) is 0 Å². The van der Waals surface area contributed by atoms with Crippen LogP contribution in [0.3, 0.4) is 0 Å². The van der Waals surface area contributed by atoms with Gasteiger partial charge in [-0.2, -0.15) is 0 Å². The van der Waals surface area contributed by atoms with Crippen molar-refractivity contribution in [3.8, 4) is 5.75 Å². The van der Waals surface area contributed by atoms with Crippen molar-refractivity contribution < 1.29 is 4.74 Å². The van der Waals surface area contributed by atoms with Crippen LogP contribution >= 0.6 is 0 Å². The van der Waals surface area contributed by atoms with E-state index >= 15 is 0 Å². The summed E-state index contributed by atoms with van der Waals surface area (Å²) < 4.78 is 5.98. The van der Waals surface area contributed by atoms with E-state index in [0.29, 0.717) is 6.10 Å². The summed E-state index contributed by atoms with van der Waals surface area (Å²) in [6, 6.07) is 6.36. The fourth-order valence-electron chi connectivity index (χ4n) is 2.03. The smallest absolute Gasteiger partial charge is 0.122 e. The van der Waals surface area contributed by atoms with Gasteiger partial charge >= 0.3 is 0 Å². The molecular formula is C13H19NO. The average Bonchev–Trinajstić information content (AvgIpc) is 2.24. The van der Waals surface area contributed by atoms with Gasteiger partial charge in [0, 0.05) is 6.54 Å². The third kappa shape index (κ3) is 2.72. The van der Waals surface area contributed by atoms with E-state index in [1.165, 1.54) is 24.0 Å². The van der Waals surface area contributed by atoms with E-state index in [9.17, 15) is 0 Å². The van der Waals surface area contributed by atoms with Crippen molar-refractivity contribution in [2.75, 3.05) is 13.1 Å². The third-order valence-corrected chi connectivity index (χ3v) is 2.88. The number of hydrogen-bond acceptors (Lipinski definition) is 2. The van der Waals surface area contributed by atoms with Gasteiger partial charge in [-0.3, -0.25) is 0 Å². The molecule has 2 heteroatoms. The van der Waals surface area contributed by atoms with Crippen LogP contribution in [0.5, 0.6) is 5.75 Å². The Balaban J connectivity index is 2.03. The fourth-order valence-corrected chi connectivity index (χ4v) is 2.03. The maximum atomic E-state index is 5.98. The highest BCUT2D eigenvalue weighted by Gasteiger charge is 2.14. The number of rotatable bonds is 2. The molecule has 1 unspecified atom stereocenters. The van der Waals surface area contributed by atoms with Crippen molar-refractivity contribution in [1.82, 2.24) is 5.32 Å². The van der Waals surface area contributed by atoms with Crippen LogP contribution in [-0.2, 0) is 0 Å². The van der Waals surface area contributed by atoms with Crippen LogP contribution in [0.25, 0.3) is 0 Å². The Morgan fingerprint density at radius 3 is 2.87 bits per heavy atom. The molecule has 1 N–H and O–H groups in total. The average molecular weight is 205 g/mol. The Labute approximate surface area is 91.6 Å². The molecule has 0 radical (unpaired) electrons. The lowest BCUT2D eigenvalue weighted by atomic mass is 10.1. The minimum Gasteiger partial charge on any atom is -0.489 e. The van der Waals surface area contributed by atoms with Crippen LogP contribution in [0.2, 0.25) is 0 Å². The Hall–Kier alpha value is -1.02. The van der Waals surface area contributed by atoms with Crippen molar-refractivity contribution in [1.29, 1.82) is 0 Å². The summed E-state index contributed by atoms with van der Waals surface area (Å²) in [6.45, 7) is 6.33. The molecule has 0 saturated carbocycles. The summed E-state index contributed by atoms with van der Waals surface area (Å²) in [4.78, 5) is 0. The minimum absolute atomic E-state index is 0.347. The third-order valence-electron chi connectivity index (χ3n) is 2.88. The lowest BCUT2D eigenvalue weighted by Crippen LogP contribution is -2.37. The second-order valence-electron chi connectivity index (χ2n) is 4.36. The fraction of sp³-hybridized carbons (Fsp3) is 0.538. The van der Waals surface area contributed by atoms with E-state index < -0.39 is 0 Å². The van der Waals surface area contributed by atoms with Gasteiger partial charge in [0.25, 0.3) is 0 Å². The van der Waals surface area contributed by atoms with Crippen molar-refractivity contribution in [2.45, 2.75) is 32.8 Å². The molecule has 0 aromatic heterocycles. The molecule has 1 aliphatic rings. The monoisotopic (exact) mass is 205 g/mol. The highest BCUT2D eigenvalue weighted by Crippen LogP contribution is 2.21. The maximum Gasteiger partial charge on any atom is 0.122 e. The van der Waals surface area contributed by atoms with Gasteiger partial charge in [0.2, 0.25) is 0 Å². The molecule has 1 fully saturated rings. The normalized spacial score (nSPS) is 21.3. The minimum atomic E-state index is 0.347. The van der Waals surface area contributed by atoms with E-state index in [0.717, 1.165) is 18.8 Å². The van der Waals surface area contributed by atoms with E-state index in [1.807, 2.05) is 0 Å². The van der Waals surface area contributed by atoms with E-state index in [4.69, 9.17) is 4.74 Å². The van der Waals surface area contributed by atoms with E-state index in [2.05, 4.69) is 37.4 Å². The first kappa shape index (κ1) is 10.5. The number of benzene rings is 1. The SMILES string of the molecule is Cc1ccc(OC2CCCNC2)c(C)c1. The summed E-state index contributed by atoms with van der Waals surface area (Å²) >= 11 is 0. The standard InChI is InChI=1S/C13H19NO/c1-10-5-6-13(11(2)8-10)15-12-4-3-7-14-9-12/h5-6,8,12,14H,3-4,7,9H2,1-2H3. The number of nitrogens with one attached hydrogen (secondary N) is 1. The van der Waals surface area contributed by atoms with Crippen molar-refractivity contribution >= 4 is 0 Å². The molecular weight excluding hydrogens is 186 g/mol. The van der Waals surface area contributed by atoms with Gasteiger partial charge in [-0.15, -0.1) is 0 Å². The zero-order valence-corrected chi connectivity index (χ0v) is 9.55. The number of hydrogen-bond donors (Lipinski definition) is 1. The highest BCUT2D eigenvalue weighted by atomic mass is 16.5. The second-order valence-corrected chi connectivity index (χ2v) is 4.36. The summed E-state index contributed by atoms with van der Waals surface area (Å²) in [5.74, 6) is 1.04. The molecule has 0 amide bonds. The molecule has 82 valence electrons. The summed E-state index contributed by atoms with van der Waals surface area (Å²) in [6.07, 6.45) is 2.73. The van der Waals surface area contributed by atoms with Crippen LogP contribution < -0.4 is 10.1 Å².